The van der Waals surface area contributed by atoms with Gasteiger partial charge in [0.05, 0.1) is 0 Å². The molecule has 0 saturated heterocycles. The van der Waals surface area contributed by atoms with Gasteiger partial charge in [0.2, 0.25) is 15.9 Å². The van der Waals surface area contributed by atoms with Crippen LogP contribution in [0.4, 0.5) is 0 Å². The van der Waals surface area contributed by atoms with E-state index in [0.29, 0.717) is 28.9 Å². The summed E-state index contributed by atoms with van der Waals surface area (Å²) in [5.74, 6) is 0.965. The summed E-state index contributed by atoms with van der Waals surface area (Å²) in [5.41, 5.74) is 0.974. The molecule has 0 unspecified atom stereocenters. The first-order valence-electron chi connectivity index (χ1n) is 6.45. The fourth-order valence-electron chi connectivity index (χ4n) is 1.76. The number of nitrogens with zero attached hydrogens (tertiary/aromatic N) is 2. The molecule has 0 atom stereocenters. The Balaban J connectivity index is 1.99. The summed E-state index contributed by atoms with van der Waals surface area (Å²) in [6.45, 7) is 4.51. The summed E-state index contributed by atoms with van der Waals surface area (Å²) in [6, 6.07) is 1.69. The standard InChI is InChI=1S/C12H18N4O3S2/c1-8-6-12(20-10(8)7-13-3)21(17,18)14-5-4-11-15-9(2)16-19-11/h6,13-14H,4-5,7H2,1-3H3. The highest BCUT2D eigenvalue weighted by Crippen LogP contribution is 2.25. The molecule has 0 fully saturated rings. The van der Waals surface area contributed by atoms with E-state index in [9.17, 15) is 8.42 Å². The number of nitrogens with one attached hydrogen (secondary N) is 2. The summed E-state index contributed by atoms with van der Waals surface area (Å²) in [4.78, 5) is 5.05. The van der Waals surface area contributed by atoms with Crippen LogP contribution in [0, 0.1) is 13.8 Å². The van der Waals surface area contributed by atoms with Gasteiger partial charge in [0.25, 0.3) is 0 Å². The zero-order chi connectivity index (χ0) is 15.5. The molecule has 116 valence electrons. The van der Waals surface area contributed by atoms with Crippen LogP contribution in [0.25, 0.3) is 0 Å². The second-order valence-electron chi connectivity index (χ2n) is 4.59. The van der Waals surface area contributed by atoms with Gasteiger partial charge in [-0.3, -0.25) is 0 Å². The number of thiophene rings is 1. The second-order valence-corrected chi connectivity index (χ2v) is 7.72. The number of hydrogen-bond donors (Lipinski definition) is 2. The molecule has 0 aliphatic rings. The van der Waals surface area contributed by atoms with E-state index in [-0.39, 0.29) is 6.54 Å². The molecule has 21 heavy (non-hydrogen) atoms. The maximum atomic E-state index is 12.2. The number of aromatic nitrogens is 2. The van der Waals surface area contributed by atoms with E-state index < -0.39 is 10.0 Å². The van der Waals surface area contributed by atoms with Crippen molar-refractivity contribution in [3.8, 4) is 0 Å². The lowest BCUT2D eigenvalue weighted by Gasteiger charge is -2.02. The van der Waals surface area contributed by atoms with E-state index in [1.807, 2.05) is 14.0 Å². The Bertz CT molecular complexity index is 706. The van der Waals surface area contributed by atoms with Crippen LogP contribution in [-0.4, -0.2) is 32.2 Å². The number of rotatable bonds is 7. The van der Waals surface area contributed by atoms with Crippen molar-refractivity contribution >= 4 is 21.4 Å². The van der Waals surface area contributed by atoms with E-state index in [1.54, 1.807) is 13.0 Å². The second kappa shape index (κ2) is 6.65. The van der Waals surface area contributed by atoms with Gasteiger partial charge in [0, 0.05) is 24.4 Å². The van der Waals surface area contributed by atoms with Gasteiger partial charge < -0.3 is 9.84 Å². The van der Waals surface area contributed by atoms with Crippen LogP contribution in [-0.2, 0) is 23.0 Å². The molecule has 9 heteroatoms. The lowest BCUT2D eigenvalue weighted by molar-refractivity contribution is 0.375. The van der Waals surface area contributed by atoms with Crippen molar-refractivity contribution in [3.63, 3.8) is 0 Å². The predicted molar refractivity (Wildman–Crippen MR) is 79.7 cm³/mol. The van der Waals surface area contributed by atoms with Crippen LogP contribution in [0.1, 0.15) is 22.2 Å². The average molecular weight is 330 g/mol. The monoisotopic (exact) mass is 330 g/mol. The van der Waals surface area contributed by atoms with E-state index in [4.69, 9.17) is 4.52 Å². The minimum atomic E-state index is -3.49. The molecule has 0 amide bonds. The summed E-state index contributed by atoms with van der Waals surface area (Å²) in [7, 11) is -1.66. The molecule has 0 aliphatic carbocycles. The van der Waals surface area contributed by atoms with Crippen LogP contribution < -0.4 is 10.0 Å². The number of hydrogen-bond acceptors (Lipinski definition) is 7. The molecule has 2 aromatic rings. The van der Waals surface area contributed by atoms with Crippen molar-refractivity contribution < 1.29 is 12.9 Å². The van der Waals surface area contributed by atoms with E-state index in [2.05, 4.69) is 20.2 Å². The van der Waals surface area contributed by atoms with Gasteiger partial charge in [-0.25, -0.2) is 13.1 Å². The van der Waals surface area contributed by atoms with Crippen molar-refractivity contribution in [2.45, 2.75) is 31.0 Å². The molecule has 7 nitrogen and oxygen atoms in total. The van der Waals surface area contributed by atoms with Gasteiger partial charge in [0.15, 0.2) is 5.82 Å². The van der Waals surface area contributed by atoms with Gasteiger partial charge in [-0.1, -0.05) is 5.16 Å². The molecule has 0 bridgehead atoms. The summed E-state index contributed by atoms with van der Waals surface area (Å²) in [5, 5.41) is 6.68. The van der Waals surface area contributed by atoms with Crippen LogP contribution in [0.2, 0.25) is 0 Å². The highest BCUT2D eigenvalue weighted by molar-refractivity contribution is 7.91. The number of sulfonamides is 1. The highest BCUT2D eigenvalue weighted by atomic mass is 32.2. The van der Waals surface area contributed by atoms with Gasteiger partial charge in [-0.05, 0) is 32.5 Å². The van der Waals surface area contributed by atoms with Gasteiger partial charge in [0.1, 0.15) is 4.21 Å². The Kier molecular flexibility index (Phi) is 5.09. The molecule has 2 N–H and O–H groups in total. The van der Waals surface area contributed by atoms with Crippen molar-refractivity contribution in [2.75, 3.05) is 13.6 Å². The third-order valence-electron chi connectivity index (χ3n) is 2.80. The van der Waals surface area contributed by atoms with E-state index in [0.717, 1.165) is 10.4 Å². The van der Waals surface area contributed by atoms with Crippen LogP contribution in [0.5, 0.6) is 0 Å². The molecule has 0 spiro atoms. The Morgan fingerprint density at radius 2 is 2.14 bits per heavy atom. The van der Waals surface area contributed by atoms with Crippen molar-refractivity contribution in [2.24, 2.45) is 0 Å². The third kappa shape index (κ3) is 4.10. The SMILES string of the molecule is CNCc1sc(S(=O)(=O)NCCc2nc(C)no2)cc1C. The zero-order valence-corrected chi connectivity index (χ0v) is 13.8. The normalized spacial score (nSPS) is 12.0. The molecular formula is C12H18N4O3S2. The average Bonchev–Trinajstić information content (AvgIpc) is 2.98. The molecular weight excluding hydrogens is 312 g/mol. The highest BCUT2D eigenvalue weighted by Gasteiger charge is 2.18. The van der Waals surface area contributed by atoms with Gasteiger partial charge in [-0.15, -0.1) is 11.3 Å². The molecule has 0 aromatic carbocycles. The first kappa shape index (κ1) is 16.1. The first-order valence-corrected chi connectivity index (χ1v) is 8.75. The maximum Gasteiger partial charge on any atom is 0.250 e. The van der Waals surface area contributed by atoms with Gasteiger partial charge >= 0.3 is 0 Å². The largest absolute Gasteiger partial charge is 0.339 e. The Hall–Kier alpha value is -1.29. The minimum Gasteiger partial charge on any atom is -0.339 e. The van der Waals surface area contributed by atoms with Crippen molar-refractivity contribution in [3.05, 3.63) is 28.2 Å². The summed E-state index contributed by atoms with van der Waals surface area (Å²) in [6.07, 6.45) is 0.369. The topological polar surface area (TPSA) is 97.1 Å². The lowest BCUT2D eigenvalue weighted by atomic mass is 10.3. The summed E-state index contributed by atoms with van der Waals surface area (Å²) < 4.78 is 32.2. The van der Waals surface area contributed by atoms with Crippen molar-refractivity contribution in [1.82, 2.24) is 20.2 Å². The molecule has 0 aliphatic heterocycles. The van der Waals surface area contributed by atoms with Crippen molar-refractivity contribution in [1.29, 1.82) is 0 Å². The Labute approximate surface area is 127 Å². The lowest BCUT2D eigenvalue weighted by Crippen LogP contribution is -2.25. The minimum absolute atomic E-state index is 0.224. The first-order chi connectivity index (χ1) is 9.92. The molecule has 2 rings (SSSR count). The fourth-order valence-corrected chi connectivity index (χ4v) is 4.44. The Morgan fingerprint density at radius 1 is 1.38 bits per heavy atom. The van der Waals surface area contributed by atoms with Gasteiger partial charge in [-0.2, -0.15) is 4.98 Å². The molecule has 0 saturated carbocycles. The van der Waals surface area contributed by atoms with Crippen LogP contribution >= 0.6 is 11.3 Å². The maximum absolute atomic E-state index is 12.2. The molecule has 2 aromatic heterocycles. The third-order valence-corrected chi connectivity index (χ3v) is 5.97. The fraction of sp³-hybridized carbons (Fsp3) is 0.500. The quantitative estimate of drug-likeness (QED) is 0.786. The van der Waals surface area contributed by atoms with Crippen LogP contribution in [0.15, 0.2) is 14.8 Å². The van der Waals surface area contributed by atoms with Crippen LogP contribution in [0.3, 0.4) is 0 Å². The zero-order valence-electron chi connectivity index (χ0n) is 12.1. The number of aryl methyl sites for hydroxylation is 2. The molecule has 2 heterocycles. The summed E-state index contributed by atoms with van der Waals surface area (Å²) >= 11 is 1.28. The predicted octanol–water partition coefficient (Wildman–Crippen LogP) is 0.988. The Morgan fingerprint density at radius 3 is 2.76 bits per heavy atom. The smallest absolute Gasteiger partial charge is 0.250 e. The van der Waals surface area contributed by atoms with E-state index in [1.165, 1.54) is 11.3 Å². The van der Waals surface area contributed by atoms with E-state index >= 15 is 0 Å². The molecule has 0 radical (unpaired) electrons.